The predicted molar refractivity (Wildman–Crippen MR) is 185 cm³/mol. The fraction of sp³-hybridized carbons (Fsp3) is 0.500. The van der Waals surface area contributed by atoms with Crippen LogP contribution in [0.3, 0.4) is 0 Å². The number of carbonyl (C=O) groups excluding carboxylic acids is 3. The number of carboxylic acid groups (broad SMARTS) is 1. The van der Waals surface area contributed by atoms with Crippen LogP contribution in [-0.4, -0.2) is 98.6 Å². The molecule has 1 aliphatic heterocycles. The van der Waals surface area contributed by atoms with E-state index >= 15 is 0 Å². The Morgan fingerprint density at radius 2 is 1.69 bits per heavy atom. The largest absolute Gasteiger partial charge is 0.530 e. The molecule has 0 bridgehead atoms. The zero-order valence-electron chi connectivity index (χ0n) is 28.5. The second-order valence-corrected chi connectivity index (χ2v) is 14.9. The number of nitrogens with one attached hydrogen (secondary N) is 2. The van der Waals surface area contributed by atoms with Crippen molar-refractivity contribution >= 4 is 29.2 Å². The molecule has 0 spiro atoms. The van der Waals surface area contributed by atoms with E-state index in [4.69, 9.17) is 0 Å². The molecule has 0 radical (unpaired) electrons. The average Bonchev–Trinajstić information content (AvgIpc) is 3.54. The Bertz CT molecular complexity index is 1450. The topological polar surface area (TPSA) is 141 Å². The Hall–Kier alpha value is -3.84. The van der Waals surface area contributed by atoms with Crippen molar-refractivity contribution in [2.45, 2.75) is 83.9 Å². The molecule has 1 fully saturated rings. The van der Waals surface area contributed by atoms with Crippen LogP contribution in [0.25, 0.3) is 0 Å². The third-order valence-corrected chi connectivity index (χ3v) is 9.18. The lowest BCUT2D eigenvalue weighted by Gasteiger charge is -2.43. The van der Waals surface area contributed by atoms with E-state index in [-0.39, 0.29) is 24.9 Å². The lowest BCUT2D eigenvalue weighted by atomic mass is 9.97. The maximum absolute atomic E-state index is 14.0. The number of hydrogen-bond donors (Lipinski definition) is 3. The second kappa shape index (κ2) is 17.0. The van der Waals surface area contributed by atoms with Gasteiger partial charge in [-0.1, -0.05) is 74.5 Å². The van der Waals surface area contributed by atoms with Crippen LogP contribution in [0.5, 0.6) is 0 Å². The second-order valence-electron chi connectivity index (χ2n) is 13.9. The normalized spacial score (nSPS) is 17.8. The lowest BCUT2D eigenvalue weighted by Crippen LogP contribution is -2.63. The molecule has 3 amide bonds. The van der Waals surface area contributed by atoms with Crippen molar-refractivity contribution in [1.82, 2.24) is 30.3 Å². The number of benzene rings is 2. The molecule has 1 saturated heterocycles. The van der Waals surface area contributed by atoms with Crippen LogP contribution in [0.15, 0.2) is 72.4 Å². The maximum atomic E-state index is 14.0. The van der Waals surface area contributed by atoms with Gasteiger partial charge in [0.25, 0.3) is 0 Å². The number of aromatic nitrogens is 1. The third-order valence-electron chi connectivity index (χ3n) is 8.42. The van der Waals surface area contributed by atoms with Crippen LogP contribution >= 0.6 is 11.3 Å². The van der Waals surface area contributed by atoms with E-state index in [1.165, 1.54) is 11.3 Å². The van der Waals surface area contributed by atoms with Gasteiger partial charge in [0.15, 0.2) is 0 Å². The summed E-state index contributed by atoms with van der Waals surface area (Å²) in [5.74, 6) is -1.02. The van der Waals surface area contributed by atoms with E-state index < -0.39 is 41.8 Å². The van der Waals surface area contributed by atoms with Crippen molar-refractivity contribution in [3.05, 3.63) is 88.4 Å². The zero-order valence-corrected chi connectivity index (χ0v) is 29.4. The number of amides is 3. The number of thiazole rings is 1. The summed E-state index contributed by atoms with van der Waals surface area (Å²) < 4.78 is 0. The summed E-state index contributed by atoms with van der Waals surface area (Å²) in [6, 6.07) is 17.3. The standard InChI is InChI=1S/C36H50N6O5S/c1-25(2)32(42(35(46)47)21-28-19-37-24-48-28)34(45)38-29(18-26-12-8-6-9-13-26)31(43)23-41-17-16-40(20-27-14-10-7-11-15-27)22-30(41)33(44)39-36(3,4)5/h6-15,19,24-25,29-32,43H,16-18,20-23H2,1-5H3,(H,38,45)(H,39,44)(H,46,47)/p-1/t29-,30-,31+,32-/m0/s1. The van der Waals surface area contributed by atoms with E-state index in [0.717, 1.165) is 16.0 Å². The minimum atomic E-state index is -1.46. The highest BCUT2D eigenvalue weighted by atomic mass is 32.1. The summed E-state index contributed by atoms with van der Waals surface area (Å²) in [5.41, 5.74) is 3.23. The highest BCUT2D eigenvalue weighted by molar-refractivity contribution is 7.09. The first-order valence-corrected chi connectivity index (χ1v) is 17.4. The Labute approximate surface area is 288 Å². The van der Waals surface area contributed by atoms with Crippen molar-refractivity contribution < 1.29 is 24.6 Å². The van der Waals surface area contributed by atoms with Gasteiger partial charge in [-0.15, -0.1) is 11.3 Å². The quantitative estimate of drug-likeness (QED) is 0.237. The first kappa shape index (κ1) is 37.0. The van der Waals surface area contributed by atoms with Crippen molar-refractivity contribution in [1.29, 1.82) is 0 Å². The van der Waals surface area contributed by atoms with Crippen LogP contribution in [0.2, 0.25) is 0 Å². The lowest BCUT2D eigenvalue weighted by molar-refractivity contribution is -0.269. The molecule has 11 nitrogen and oxygen atoms in total. The van der Waals surface area contributed by atoms with Crippen LogP contribution in [0.4, 0.5) is 4.79 Å². The van der Waals surface area contributed by atoms with Gasteiger partial charge in [-0.2, -0.15) is 0 Å². The number of hydrogen-bond acceptors (Lipinski definition) is 9. The van der Waals surface area contributed by atoms with Crippen LogP contribution in [0, 0.1) is 5.92 Å². The zero-order chi connectivity index (χ0) is 34.8. The number of rotatable bonds is 14. The van der Waals surface area contributed by atoms with Crippen LogP contribution in [0.1, 0.15) is 50.6 Å². The molecule has 2 heterocycles. The van der Waals surface area contributed by atoms with Gasteiger partial charge >= 0.3 is 0 Å². The minimum absolute atomic E-state index is 0.0347. The number of piperazine rings is 1. The Balaban J connectivity index is 1.56. The number of aliphatic hydroxyl groups is 1. The Kier molecular flexibility index (Phi) is 13.1. The molecule has 1 aromatic heterocycles. The molecule has 3 aromatic rings. The summed E-state index contributed by atoms with van der Waals surface area (Å²) in [6.45, 7) is 11.9. The summed E-state index contributed by atoms with van der Waals surface area (Å²) in [5, 5.41) is 30.3. The summed E-state index contributed by atoms with van der Waals surface area (Å²) in [4.78, 5) is 49.9. The van der Waals surface area contributed by atoms with Gasteiger partial charge in [-0.05, 0) is 44.2 Å². The van der Waals surface area contributed by atoms with Crippen LogP contribution in [-0.2, 0) is 29.1 Å². The first-order valence-electron chi connectivity index (χ1n) is 16.5. The number of carbonyl (C=O) groups is 3. The molecule has 12 heteroatoms. The Morgan fingerprint density at radius 3 is 2.25 bits per heavy atom. The van der Waals surface area contributed by atoms with Gasteiger partial charge in [-0.25, -0.2) is 0 Å². The molecule has 2 aromatic carbocycles. The molecular weight excluding hydrogens is 629 g/mol. The molecule has 260 valence electrons. The Morgan fingerprint density at radius 1 is 1.04 bits per heavy atom. The van der Waals surface area contributed by atoms with Crippen molar-refractivity contribution in [3.63, 3.8) is 0 Å². The van der Waals surface area contributed by atoms with Gasteiger partial charge in [0.1, 0.15) is 18.2 Å². The summed E-state index contributed by atoms with van der Waals surface area (Å²) in [7, 11) is 0. The molecule has 4 atom stereocenters. The van der Waals surface area contributed by atoms with E-state index in [1.807, 2.05) is 74.2 Å². The van der Waals surface area contributed by atoms with Crippen molar-refractivity contribution in [3.8, 4) is 0 Å². The molecule has 0 aliphatic carbocycles. The highest BCUT2D eigenvalue weighted by Crippen LogP contribution is 2.20. The van der Waals surface area contributed by atoms with E-state index in [2.05, 4.69) is 32.7 Å². The SMILES string of the molecule is CC(C)[C@@H](C(=O)N[C@@H](Cc1ccccc1)[C@H](O)CN1CCN(Cc2ccccc2)C[C@H]1C(=O)NC(C)(C)C)N(Cc1cncs1)C(=O)[O-]. The highest BCUT2D eigenvalue weighted by Gasteiger charge is 2.38. The van der Waals surface area contributed by atoms with Gasteiger partial charge in [0, 0.05) is 49.3 Å². The number of nitrogens with zero attached hydrogens (tertiary/aromatic N) is 4. The molecular formula is C36H49N6O5S-. The fourth-order valence-electron chi connectivity index (χ4n) is 6.14. The third kappa shape index (κ3) is 10.8. The molecule has 3 N–H and O–H groups in total. The number of aliphatic hydroxyl groups excluding tert-OH is 1. The van der Waals surface area contributed by atoms with E-state index in [1.54, 1.807) is 25.6 Å². The molecule has 0 saturated carbocycles. The fourth-order valence-corrected chi connectivity index (χ4v) is 6.73. The summed E-state index contributed by atoms with van der Waals surface area (Å²) in [6.07, 6.45) is -0.640. The molecule has 0 unspecified atom stereocenters. The van der Waals surface area contributed by atoms with Gasteiger partial charge in [0.2, 0.25) is 11.8 Å². The monoisotopic (exact) mass is 677 g/mol. The molecule has 1 aliphatic rings. The molecule has 4 rings (SSSR count). The van der Waals surface area contributed by atoms with E-state index in [9.17, 15) is 24.6 Å². The molecule has 48 heavy (non-hydrogen) atoms. The van der Waals surface area contributed by atoms with Crippen LogP contribution < -0.4 is 15.7 Å². The first-order chi connectivity index (χ1) is 22.8. The van der Waals surface area contributed by atoms with Gasteiger partial charge in [0.05, 0.1) is 24.2 Å². The minimum Gasteiger partial charge on any atom is -0.530 e. The predicted octanol–water partition coefficient (Wildman–Crippen LogP) is 2.50. The average molecular weight is 678 g/mol. The van der Waals surface area contributed by atoms with Gasteiger partial charge < -0.3 is 30.5 Å². The van der Waals surface area contributed by atoms with E-state index in [0.29, 0.717) is 37.5 Å². The maximum Gasteiger partial charge on any atom is 0.243 e. The number of β-amino-alcohol motifs (C(OH)–C–C–N with tert-alkyl or cyclic N) is 1. The van der Waals surface area contributed by atoms with Gasteiger partial charge in [-0.3, -0.25) is 24.4 Å². The van der Waals surface area contributed by atoms with Crippen molar-refractivity contribution in [2.24, 2.45) is 5.92 Å². The summed E-state index contributed by atoms with van der Waals surface area (Å²) >= 11 is 1.30. The smallest absolute Gasteiger partial charge is 0.243 e. The van der Waals surface area contributed by atoms with Crippen molar-refractivity contribution in [2.75, 3.05) is 26.2 Å².